The summed E-state index contributed by atoms with van der Waals surface area (Å²) in [7, 11) is 0. The SMILES string of the molecule is CC(C)CCCC(C)CCCC(C)CCCC(C)CC(=O)Oc1ccncc1. The summed E-state index contributed by atoms with van der Waals surface area (Å²) in [6.07, 6.45) is 15.6. The monoisotopic (exact) mass is 389 g/mol. The molecule has 0 N–H and O–H groups in total. The molecule has 0 aliphatic rings. The van der Waals surface area contributed by atoms with E-state index in [1.807, 2.05) is 0 Å². The van der Waals surface area contributed by atoms with E-state index < -0.39 is 0 Å². The summed E-state index contributed by atoms with van der Waals surface area (Å²) < 4.78 is 5.35. The van der Waals surface area contributed by atoms with Crippen LogP contribution in [0.1, 0.15) is 98.8 Å². The first-order valence-corrected chi connectivity index (χ1v) is 11.5. The molecule has 0 saturated carbocycles. The van der Waals surface area contributed by atoms with Gasteiger partial charge in [-0.05, 0) is 35.8 Å². The summed E-state index contributed by atoms with van der Waals surface area (Å²) >= 11 is 0. The topological polar surface area (TPSA) is 39.2 Å². The van der Waals surface area contributed by atoms with E-state index in [4.69, 9.17) is 4.74 Å². The molecule has 1 rings (SSSR count). The number of hydrogen-bond acceptors (Lipinski definition) is 3. The molecule has 28 heavy (non-hydrogen) atoms. The molecule has 0 fully saturated rings. The highest BCUT2D eigenvalue weighted by Gasteiger charge is 2.12. The maximum absolute atomic E-state index is 12.0. The molecule has 0 amide bonds. The molecule has 0 saturated heterocycles. The number of aromatic nitrogens is 1. The van der Waals surface area contributed by atoms with Gasteiger partial charge in [-0.15, -0.1) is 0 Å². The Morgan fingerprint density at radius 3 is 1.75 bits per heavy atom. The second-order valence-electron chi connectivity index (χ2n) is 9.36. The standard InChI is InChI=1S/C25H43NO2/c1-20(2)9-6-10-21(3)11-7-12-22(4)13-8-14-23(5)19-25(27)28-24-15-17-26-18-16-24/h15-18,20-23H,6-14,19H2,1-5H3. The van der Waals surface area contributed by atoms with Crippen molar-refractivity contribution in [3.63, 3.8) is 0 Å². The normalized spacial score (nSPS) is 14.6. The summed E-state index contributed by atoms with van der Waals surface area (Å²) in [5, 5.41) is 0. The molecule has 0 spiro atoms. The lowest BCUT2D eigenvalue weighted by atomic mass is 9.91. The van der Waals surface area contributed by atoms with Gasteiger partial charge in [-0.25, -0.2) is 0 Å². The molecular formula is C25H43NO2. The van der Waals surface area contributed by atoms with Crippen molar-refractivity contribution in [2.45, 2.75) is 98.8 Å². The zero-order valence-electron chi connectivity index (χ0n) is 19.0. The quantitative estimate of drug-likeness (QED) is 0.292. The minimum absolute atomic E-state index is 0.141. The van der Waals surface area contributed by atoms with E-state index in [9.17, 15) is 4.79 Å². The van der Waals surface area contributed by atoms with Gasteiger partial charge in [0, 0.05) is 18.8 Å². The molecule has 1 aromatic heterocycles. The second kappa shape index (κ2) is 14.6. The maximum atomic E-state index is 12.0. The van der Waals surface area contributed by atoms with Gasteiger partial charge in [0.05, 0.1) is 0 Å². The van der Waals surface area contributed by atoms with Crippen LogP contribution in [-0.2, 0) is 4.79 Å². The summed E-state index contributed by atoms with van der Waals surface area (Å²) in [6, 6.07) is 3.44. The smallest absolute Gasteiger partial charge is 0.311 e. The largest absolute Gasteiger partial charge is 0.426 e. The molecule has 160 valence electrons. The summed E-state index contributed by atoms with van der Waals surface area (Å²) in [6.45, 7) is 11.6. The number of rotatable bonds is 15. The minimum atomic E-state index is -0.141. The van der Waals surface area contributed by atoms with Gasteiger partial charge in [-0.3, -0.25) is 9.78 Å². The van der Waals surface area contributed by atoms with Crippen LogP contribution >= 0.6 is 0 Å². The van der Waals surface area contributed by atoms with Gasteiger partial charge in [0.1, 0.15) is 5.75 Å². The highest BCUT2D eigenvalue weighted by molar-refractivity contribution is 5.72. The van der Waals surface area contributed by atoms with Crippen LogP contribution in [0.15, 0.2) is 24.5 Å². The molecule has 3 unspecified atom stereocenters. The Hall–Kier alpha value is -1.38. The molecule has 1 aromatic rings. The van der Waals surface area contributed by atoms with Gasteiger partial charge in [0.25, 0.3) is 0 Å². The molecule has 0 radical (unpaired) electrons. The third-order valence-corrected chi connectivity index (χ3v) is 5.66. The number of carbonyl (C=O) groups is 1. The Bertz CT molecular complexity index is 515. The van der Waals surface area contributed by atoms with Crippen molar-refractivity contribution in [1.29, 1.82) is 0 Å². The van der Waals surface area contributed by atoms with Crippen molar-refractivity contribution in [3.05, 3.63) is 24.5 Å². The molecule has 3 nitrogen and oxygen atoms in total. The molecule has 0 aliphatic heterocycles. The first kappa shape index (κ1) is 24.7. The fourth-order valence-corrected chi connectivity index (χ4v) is 3.76. The molecule has 1 heterocycles. The predicted octanol–water partition coefficient (Wildman–Crippen LogP) is 7.45. The maximum Gasteiger partial charge on any atom is 0.311 e. The van der Waals surface area contributed by atoms with E-state index >= 15 is 0 Å². The van der Waals surface area contributed by atoms with Crippen LogP contribution in [0.5, 0.6) is 5.75 Å². The molecule has 0 bridgehead atoms. The van der Waals surface area contributed by atoms with Crippen LogP contribution < -0.4 is 4.74 Å². The fraction of sp³-hybridized carbons (Fsp3) is 0.760. The van der Waals surface area contributed by atoms with Crippen LogP contribution in [0.25, 0.3) is 0 Å². The van der Waals surface area contributed by atoms with Gasteiger partial charge in [-0.2, -0.15) is 0 Å². The highest BCUT2D eigenvalue weighted by Crippen LogP contribution is 2.23. The van der Waals surface area contributed by atoms with Crippen LogP contribution in [-0.4, -0.2) is 11.0 Å². The Morgan fingerprint density at radius 1 is 0.786 bits per heavy atom. The van der Waals surface area contributed by atoms with Crippen molar-refractivity contribution in [1.82, 2.24) is 4.98 Å². The summed E-state index contributed by atoms with van der Waals surface area (Å²) in [4.78, 5) is 15.9. The van der Waals surface area contributed by atoms with E-state index in [1.54, 1.807) is 24.5 Å². The first-order chi connectivity index (χ1) is 13.4. The Kier molecular flexibility index (Phi) is 12.9. The average molecular weight is 390 g/mol. The third kappa shape index (κ3) is 12.9. The van der Waals surface area contributed by atoms with Crippen LogP contribution in [0.2, 0.25) is 0 Å². The van der Waals surface area contributed by atoms with Crippen LogP contribution in [0.4, 0.5) is 0 Å². The van der Waals surface area contributed by atoms with Gasteiger partial charge in [-0.1, -0.05) is 92.4 Å². The number of hydrogen-bond donors (Lipinski definition) is 0. The van der Waals surface area contributed by atoms with Gasteiger partial charge in [0.2, 0.25) is 0 Å². The van der Waals surface area contributed by atoms with Crippen molar-refractivity contribution < 1.29 is 9.53 Å². The second-order valence-corrected chi connectivity index (χ2v) is 9.36. The lowest BCUT2D eigenvalue weighted by molar-refractivity contribution is -0.135. The summed E-state index contributed by atoms with van der Waals surface area (Å²) in [5.74, 6) is 3.32. The molecule has 3 atom stereocenters. The molecule has 0 aromatic carbocycles. The lowest BCUT2D eigenvalue weighted by Gasteiger charge is -2.16. The van der Waals surface area contributed by atoms with Crippen molar-refractivity contribution in [2.75, 3.05) is 0 Å². The average Bonchev–Trinajstić information content (AvgIpc) is 2.62. The molecule has 0 aliphatic carbocycles. The predicted molar refractivity (Wildman–Crippen MR) is 118 cm³/mol. The fourth-order valence-electron chi connectivity index (χ4n) is 3.76. The van der Waals surface area contributed by atoms with Gasteiger partial charge in [0.15, 0.2) is 0 Å². The van der Waals surface area contributed by atoms with E-state index in [2.05, 4.69) is 39.6 Å². The zero-order chi connectivity index (χ0) is 20.8. The Morgan fingerprint density at radius 2 is 1.25 bits per heavy atom. The van der Waals surface area contributed by atoms with Gasteiger partial charge < -0.3 is 4.74 Å². The third-order valence-electron chi connectivity index (χ3n) is 5.66. The number of ether oxygens (including phenoxy) is 1. The van der Waals surface area contributed by atoms with Crippen LogP contribution in [0.3, 0.4) is 0 Å². The zero-order valence-corrected chi connectivity index (χ0v) is 19.0. The van der Waals surface area contributed by atoms with E-state index in [1.165, 1.54) is 51.4 Å². The van der Waals surface area contributed by atoms with Gasteiger partial charge >= 0.3 is 5.97 Å². The van der Waals surface area contributed by atoms with E-state index in [-0.39, 0.29) is 5.97 Å². The Balaban J connectivity index is 2.05. The number of carbonyl (C=O) groups excluding carboxylic acids is 1. The minimum Gasteiger partial charge on any atom is -0.426 e. The van der Waals surface area contributed by atoms with Crippen LogP contribution in [0, 0.1) is 23.7 Å². The number of esters is 1. The van der Waals surface area contributed by atoms with Crippen molar-refractivity contribution in [3.8, 4) is 5.75 Å². The summed E-state index contributed by atoms with van der Waals surface area (Å²) in [5.41, 5.74) is 0. The van der Waals surface area contributed by atoms with Crippen molar-refractivity contribution in [2.24, 2.45) is 23.7 Å². The highest BCUT2D eigenvalue weighted by atomic mass is 16.5. The molecule has 3 heteroatoms. The van der Waals surface area contributed by atoms with Crippen molar-refractivity contribution >= 4 is 5.97 Å². The van der Waals surface area contributed by atoms with E-state index in [0.717, 1.165) is 24.2 Å². The number of nitrogens with zero attached hydrogens (tertiary/aromatic N) is 1. The van der Waals surface area contributed by atoms with E-state index in [0.29, 0.717) is 18.1 Å². The first-order valence-electron chi connectivity index (χ1n) is 11.5. The molecular weight excluding hydrogens is 346 g/mol. The Labute approximate surface area is 173 Å². The lowest BCUT2D eigenvalue weighted by Crippen LogP contribution is -2.12. The number of pyridine rings is 1.